The molecule has 0 aliphatic heterocycles. The summed E-state index contributed by atoms with van der Waals surface area (Å²) in [5.74, 6) is 0.231. The molecule has 0 aromatic heterocycles. The van der Waals surface area contributed by atoms with Crippen LogP contribution in [-0.2, 0) is 0 Å². The Hall–Kier alpha value is -2.40. The van der Waals surface area contributed by atoms with Crippen LogP contribution in [0.25, 0.3) is 0 Å². The molecule has 0 atom stereocenters. The van der Waals surface area contributed by atoms with Gasteiger partial charge in [-0.25, -0.2) is 0 Å². The van der Waals surface area contributed by atoms with Gasteiger partial charge in [0.15, 0.2) is 6.29 Å². The number of nitro benzene ring substituents is 1. The van der Waals surface area contributed by atoms with E-state index < -0.39 is 4.92 Å². The third kappa shape index (κ3) is 2.89. The Bertz CT molecular complexity index is 642. The quantitative estimate of drug-likeness (QED) is 0.483. The van der Waals surface area contributed by atoms with Gasteiger partial charge >= 0.3 is 5.69 Å². The molecule has 0 bridgehead atoms. The minimum absolute atomic E-state index is 0.00759. The topological polar surface area (TPSA) is 69.4 Å². The molecule has 0 aliphatic rings. The van der Waals surface area contributed by atoms with Crippen LogP contribution in [0.15, 0.2) is 42.5 Å². The molecule has 0 N–H and O–H groups in total. The van der Waals surface area contributed by atoms with Crippen molar-refractivity contribution in [3.05, 3.63) is 63.2 Å². The highest BCUT2D eigenvalue weighted by molar-refractivity contribution is 6.30. The molecule has 0 aliphatic carbocycles. The smallest absolute Gasteiger partial charge is 0.311 e. The minimum atomic E-state index is -0.574. The third-order valence-electron chi connectivity index (χ3n) is 2.38. The molecule has 6 heteroatoms. The molecular formula is C13H8ClNO4. The lowest BCUT2D eigenvalue weighted by atomic mass is 10.2. The van der Waals surface area contributed by atoms with Crippen LogP contribution in [0.2, 0.25) is 5.02 Å². The highest BCUT2D eigenvalue weighted by Gasteiger charge is 2.17. The first-order valence-corrected chi connectivity index (χ1v) is 5.65. The Balaban J connectivity index is 2.45. The van der Waals surface area contributed by atoms with Crippen molar-refractivity contribution < 1.29 is 14.5 Å². The van der Waals surface area contributed by atoms with E-state index in [0.717, 1.165) is 0 Å². The van der Waals surface area contributed by atoms with Gasteiger partial charge in [0.2, 0.25) is 5.75 Å². The maximum absolute atomic E-state index is 10.9. The Morgan fingerprint density at radius 2 is 1.89 bits per heavy atom. The summed E-state index contributed by atoms with van der Waals surface area (Å²) in [6.07, 6.45) is 0.617. The van der Waals surface area contributed by atoms with Crippen molar-refractivity contribution in [3.8, 4) is 11.5 Å². The molecule has 0 amide bonds. The summed E-state index contributed by atoms with van der Waals surface area (Å²) in [6.45, 7) is 0. The lowest BCUT2D eigenvalue weighted by molar-refractivity contribution is -0.385. The maximum atomic E-state index is 10.9. The average Bonchev–Trinajstić information content (AvgIpc) is 2.39. The van der Waals surface area contributed by atoms with Gasteiger partial charge in [0.05, 0.1) is 10.5 Å². The van der Waals surface area contributed by atoms with Gasteiger partial charge in [-0.15, -0.1) is 0 Å². The molecule has 2 aromatic rings. The summed E-state index contributed by atoms with van der Waals surface area (Å²) in [4.78, 5) is 21.2. The van der Waals surface area contributed by atoms with Crippen molar-refractivity contribution in [2.75, 3.05) is 0 Å². The number of benzene rings is 2. The van der Waals surface area contributed by atoms with Crippen LogP contribution in [-0.4, -0.2) is 11.2 Å². The van der Waals surface area contributed by atoms with Gasteiger partial charge in [-0.3, -0.25) is 14.9 Å². The van der Waals surface area contributed by atoms with Crippen molar-refractivity contribution >= 4 is 23.6 Å². The summed E-state index contributed by atoms with van der Waals surface area (Å²) in [5.41, 5.74) is 0.0851. The number of para-hydroxylation sites is 1. The lowest BCUT2D eigenvalue weighted by Crippen LogP contribution is -1.95. The second-order valence-corrected chi connectivity index (χ2v) is 4.06. The van der Waals surface area contributed by atoms with E-state index in [0.29, 0.717) is 16.9 Å². The number of hydrogen-bond donors (Lipinski definition) is 0. The van der Waals surface area contributed by atoms with Crippen LogP contribution in [0.3, 0.4) is 0 Å². The first-order chi connectivity index (χ1) is 9.11. The molecule has 0 saturated heterocycles. The zero-order chi connectivity index (χ0) is 13.8. The molecule has 2 aromatic carbocycles. The van der Waals surface area contributed by atoms with Crippen LogP contribution in [0, 0.1) is 10.1 Å². The zero-order valence-electron chi connectivity index (χ0n) is 9.58. The fourth-order valence-corrected chi connectivity index (χ4v) is 1.67. The second-order valence-electron chi connectivity index (χ2n) is 3.63. The molecule has 0 fully saturated rings. The summed E-state index contributed by atoms with van der Waals surface area (Å²) < 4.78 is 5.42. The Morgan fingerprint density at radius 1 is 1.16 bits per heavy atom. The van der Waals surface area contributed by atoms with E-state index in [2.05, 4.69) is 0 Å². The monoisotopic (exact) mass is 277 g/mol. The van der Waals surface area contributed by atoms with Gasteiger partial charge in [-0.2, -0.15) is 0 Å². The molecular weight excluding hydrogens is 270 g/mol. The summed E-state index contributed by atoms with van der Waals surface area (Å²) in [6, 6.07) is 10.4. The number of halogens is 1. The standard InChI is InChI=1S/C13H8ClNO4/c14-10-5-6-11(15(17)18)13(7-10)19-12-4-2-1-3-9(12)8-16/h1-8H. The van der Waals surface area contributed by atoms with Crippen LogP contribution >= 0.6 is 11.6 Å². The van der Waals surface area contributed by atoms with E-state index in [4.69, 9.17) is 16.3 Å². The normalized spacial score (nSPS) is 9.95. The van der Waals surface area contributed by atoms with Gasteiger partial charge in [0.1, 0.15) is 5.75 Å². The largest absolute Gasteiger partial charge is 0.449 e. The number of rotatable bonds is 4. The zero-order valence-corrected chi connectivity index (χ0v) is 10.3. The second kappa shape index (κ2) is 5.49. The molecule has 2 rings (SSSR count). The molecule has 0 spiro atoms. The number of ether oxygens (including phenoxy) is 1. The van der Waals surface area contributed by atoms with Crippen molar-refractivity contribution in [2.24, 2.45) is 0 Å². The number of nitro groups is 1. The predicted octanol–water partition coefficient (Wildman–Crippen LogP) is 3.85. The van der Waals surface area contributed by atoms with Crippen molar-refractivity contribution in [3.63, 3.8) is 0 Å². The molecule has 0 radical (unpaired) electrons. The minimum Gasteiger partial charge on any atom is -0.449 e. The Labute approximate surface area is 113 Å². The van der Waals surface area contributed by atoms with Gasteiger partial charge < -0.3 is 4.74 Å². The summed E-state index contributed by atoms with van der Waals surface area (Å²) in [7, 11) is 0. The van der Waals surface area contributed by atoms with Crippen molar-refractivity contribution in [1.82, 2.24) is 0 Å². The molecule has 0 saturated carbocycles. The number of nitrogens with zero attached hydrogens (tertiary/aromatic N) is 1. The van der Waals surface area contributed by atoms with E-state index in [9.17, 15) is 14.9 Å². The van der Waals surface area contributed by atoms with Gasteiger partial charge in [-0.05, 0) is 18.2 Å². The van der Waals surface area contributed by atoms with E-state index >= 15 is 0 Å². The Morgan fingerprint density at radius 3 is 2.58 bits per heavy atom. The van der Waals surface area contributed by atoms with Gasteiger partial charge in [0, 0.05) is 17.2 Å². The number of carbonyl (C=O) groups excluding carboxylic acids is 1. The van der Waals surface area contributed by atoms with Crippen molar-refractivity contribution in [1.29, 1.82) is 0 Å². The highest BCUT2D eigenvalue weighted by atomic mass is 35.5. The fourth-order valence-electron chi connectivity index (χ4n) is 1.51. The Kier molecular flexibility index (Phi) is 3.77. The molecule has 96 valence electrons. The van der Waals surface area contributed by atoms with Crippen LogP contribution < -0.4 is 4.74 Å². The van der Waals surface area contributed by atoms with E-state index in [-0.39, 0.29) is 17.2 Å². The lowest BCUT2D eigenvalue weighted by Gasteiger charge is -2.08. The van der Waals surface area contributed by atoms with E-state index in [1.54, 1.807) is 24.3 Å². The van der Waals surface area contributed by atoms with Gasteiger partial charge in [0.25, 0.3) is 0 Å². The number of aldehydes is 1. The SMILES string of the molecule is O=Cc1ccccc1Oc1cc(Cl)ccc1[N+](=O)[O-]. The van der Waals surface area contributed by atoms with Gasteiger partial charge in [-0.1, -0.05) is 23.7 Å². The first kappa shape index (κ1) is 13.0. The van der Waals surface area contributed by atoms with Crippen molar-refractivity contribution in [2.45, 2.75) is 0 Å². The number of hydrogen-bond acceptors (Lipinski definition) is 4. The molecule has 19 heavy (non-hydrogen) atoms. The first-order valence-electron chi connectivity index (χ1n) is 5.28. The van der Waals surface area contributed by atoms with Crippen LogP contribution in [0.4, 0.5) is 5.69 Å². The number of carbonyl (C=O) groups is 1. The molecule has 5 nitrogen and oxygen atoms in total. The maximum Gasteiger partial charge on any atom is 0.311 e. The van der Waals surface area contributed by atoms with E-state index in [1.165, 1.54) is 18.2 Å². The van der Waals surface area contributed by atoms with E-state index in [1.807, 2.05) is 0 Å². The summed E-state index contributed by atoms with van der Waals surface area (Å²) in [5, 5.41) is 11.2. The highest BCUT2D eigenvalue weighted by Crippen LogP contribution is 2.34. The molecule has 0 unspecified atom stereocenters. The van der Waals surface area contributed by atoms with Crippen LogP contribution in [0.1, 0.15) is 10.4 Å². The average molecular weight is 278 g/mol. The fraction of sp³-hybridized carbons (Fsp3) is 0. The van der Waals surface area contributed by atoms with Crippen LogP contribution in [0.5, 0.6) is 11.5 Å². The summed E-state index contributed by atoms with van der Waals surface area (Å²) >= 11 is 5.79. The third-order valence-corrected chi connectivity index (χ3v) is 2.62. The predicted molar refractivity (Wildman–Crippen MR) is 70.0 cm³/mol. The molecule has 0 heterocycles.